The molecule has 1 aromatic carbocycles. The number of aliphatic hydroxyl groups is 1. The maximum Gasteiger partial charge on any atom is 0.223 e. The Labute approximate surface area is 244 Å². The van der Waals surface area contributed by atoms with Crippen LogP contribution in [0.25, 0.3) is 22.2 Å². The van der Waals surface area contributed by atoms with E-state index < -0.39 is 6.23 Å². The molecule has 0 radical (unpaired) electrons. The maximum absolute atomic E-state index is 9.96. The Morgan fingerprint density at radius 3 is 2.35 bits per heavy atom. The minimum Gasteiger partial charge on any atom is -0.495 e. The zero-order valence-corrected chi connectivity index (χ0v) is 25.0. The third-order valence-electron chi connectivity index (χ3n) is 7.05. The number of benzene rings is 1. The Balaban J connectivity index is 1.81. The molecule has 0 aliphatic carbocycles. The molecule has 3 heterocycles. The molecule has 216 valence electrons. The Morgan fingerprint density at radius 2 is 1.75 bits per heavy atom. The zero-order chi connectivity index (χ0) is 29.2. The van der Waals surface area contributed by atoms with Gasteiger partial charge < -0.3 is 30.0 Å². The van der Waals surface area contributed by atoms with Crippen molar-refractivity contribution in [1.29, 1.82) is 0 Å². The van der Waals surface area contributed by atoms with Gasteiger partial charge in [-0.3, -0.25) is 5.32 Å². The van der Waals surface area contributed by atoms with Crippen molar-refractivity contribution < 1.29 is 19.3 Å². The van der Waals surface area contributed by atoms with E-state index in [0.29, 0.717) is 63.3 Å². The van der Waals surface area contributed by atoms with Crippen molar-refractivity contribution in [3.8, 4) is 22.8 Å². The summed E-state index contributed by atoms with van der Waals surface area (Å²) in [5.74, 6) is 1.78. The van der Waals surface area contributed by atoms with Gasteiger partial charge >= 0.3 is 0 Å². The second kappa shape index (κ2) is 12.3. The molecule has 12 heteroatoms. The fraction of sp³-hybridized carbons (Fsp3) is 0.464. The van der Waals surface area contributed by atoms with Crippen LogP contribution in [-0.4, -0.2) is 71.8 Å². The van der Waals surface area contributed by atoms with Crippen molar-refractivity contribution in [2.24, 2.45) is 5.41 Å². The second-order valence-corrected chi connectivity index (χ2v) is 11.5. The summed E-state index contributed by atoms with van der Waals surface area (Å²) in [6, 6.07) is 3.19. The van der Waals surface area contributed by atoms with Gasteiger partial charge in [-0.1, -0.05) is 50.6 Å². The predicted molar refractivity (Wildman–Crippen MR) is 160 cm³/mol. The highest BCUT2D eigenvalue weighted by atomic mass is 35.5. The molecule has 4 rings (SSSR count). The van der Waals surface area contributed by atoms with Gasteiger partial charge in [-0.15, -0.1) is 0 Å². The Bertz CT molecular complexity index is 1360. The lowest BCUT2D eigenvalue weighted by Gasteiger charge is -2.29. The summed E-state index contributed by atoms with van der Waals surface area (Å²) in [7, 11) is 3.06. The number of nitrogens with one attached hydrogen (secondary N) is 3. The third-order valence-corrected chi connectivity index (χ3v) is 7.80. The molecule has 0 amide bonds. The highest BCUT2D eigenvalue weighted by Gasteiger charge is 2.30. The lowest BCUT2D eigenvalue weighted by molar-refractivity contribution is 0.149. The van der Waals surface area contributed by atoms with Gasteiger partial charge in [0.15, 0.2) is 5.82 Å². The van der Waals surface area contributed by atoms with Crippen LogP contribution in [0.3, 0.4) is 0 Å². The number of methoxy groups -OCH3 is 2. The summed E-state index contributed by atoms with van der Waals surface area (Å²) in [5.41, 5.74) is 1.54. The van der Waals surface area contributed by atoms with Crippen LogP contribution in [-0.2, 0) is 4.74 Å². The van der Waals surface area contributed by atoms with E-state index in [1.807, 2.05) is 6.07 Å². The van der Waals surface area contributed by atoms with Crippen LogP contribution < -0.4 is 25.4 Å². The lowest BCUT2D eigenvalue weighted by atomic mass is 9.88. The molecular weight excluding hydrogens is 555 g/mol. The van der Waals surface area contributed by atoms with E-state index in [-0.39, 0.29) is 23.5 Å². The lowest BCUT2D eigenvalue weighted by Crippen LogP contribution is -2.47. The van der Waals surface area contributed by atoms with Gasteiger partial charge in [0, 0.05) is 29.3 Å². The first-order valence-corrected chi connectivity index (χ1v) is 13.7. The number of halogens is 2. The largest absolute Gasteiger partial charge is 0.495 e. The topological polar surface area (TPSA) is 123 Å². The van der Waals surface area contributed by atoms with E-state index in [2.05, 4.69) is 55.2 Å². The first-order valence-electron chi connectivity index (χ1n) is 12.9. The van der Waals surface area contributed by atoms with Crippen LogP contribution >= 0.6 is 23.2 Å². The number of rotatable bonds is 10. The van der Waals surface area contributed by atoms with E-state index in [1.165, 1.54) is 20.3 Å². The van der Waals surface area contributed by atoms with Gasteiger partial charge in [-0.05, 0) is 24.5 Å². The van der Waals surface area contributed by atoms with Gasteiger partial charge in [0.1, 0.15) is 23.2 Å². The van der Waals surface area contributed by atoms with Gasteiger partial charge in [0.25, 0.3) is 0 Å². The van der Waals surface area contributed by atoms with Gasteiger partial charge in [0.05, 0.1) is 55.3 Å². The second-order valence-electron chi connectivity index (χ2n) is 10.7. The number of ether oxygens (including phenoxy) is 3. The molecule has 0 spiro atoms. The van der Waals surface area contributed by atoms with Crippen LogP contribution in [0.2, 0.25) is 10.0 Å². The number of aliphatic hydroxyl groups excluding tert-OH is 1. The normalized spacial score (nSPS) is 18.8. The molecule has 1 fully saturated rings. The van der Waals surface area contributed by atoms with Gasteiger partial charge in [-0.2, -0.15) is 0 Å². The number of fused-ring (bicyclic) bond motifs is 1. The summed E-state index contributed by atoms with van der Waals surface area (Å²) < 4.78 is 16.6. The number of hydrogen-bond donors (Lipinski definition) is 4. The van der Waals surface area contributed by atoms with Crippen LogP contribution in [0.5, 0.6) is 11.5 Å². The number of aromatic nitrogens is 3. The minimum absolute atomic E-state index is 0.0350. The summed E-state index contributed by atoms with van der Waals surface area (Å²) in [4.78, 5) is 14.3. The van der Waals surface area contributed by atoms with Crippen molar-refractivity contribution in [3.63, 3.8) is 0 Å². The van der Waals surface area contributed by atoms with Crippen LogP contribution in [0.15, 0.2) is 31.0 Å². The molecule has 3 aromatic rings. The SMILES string of the molecule is C=CC(O)N[C@H]1COC[C@H]1Nc1ncc2cc(-c3c(Cl)c(OC)cc(OC)c3Cl)nc(N[C@H](C)C(C)(C)C)c2n1. The highest BCUT2D eigenvalue weighted by Crippen LogP contribution is 2.46. The fourth-order valence-electron chi connectivity index (χ4n) is 4.18. The van der Waals surface area contributed by atoms with Crippen molar-refractivity contribution in [3.05, 3.63) is 41.0 Å². The fourth-order valence-corrected chi connectivity index (χ4v) is 4.88. The zero-order valence-electron chi connectivity index (χ0n) is 23.5. The number of nitrogens with zero attached hydrogens (tertiary/aromatic N) is 3. The molecule has 40 heavy (non-hydrogen) atoms. The molecule has 4 N–H and O–H groups in total. The Hall–Kier alpha value is -2.89. The standard InChI is InChI=1S/C28H36Cl2N6O4/c1-8-21(37)33-17-12-40-13-18(17)35-27-31-11-15-9-16(22-23(29)19(38-6)10-20(39-7)24(22)30)34-26(25(15)36-27)32-14(2)28(3,4)5/h8-11,14,17-18,21,33,37H,1,12-13H2,2-7H3,(H,32,34)(H,31,35,36)/t14-,17+,18-,21?/m1/s1. The van der Waals surface area contributed by atoms with E-state index >= 15 is 0 Å². The summed E-state index contributed by atoms with van der Waals surface area (Å²) in [6.45, 7) is 13.0. The van der Waals surface area contributed by atoms with Crippen LogP contribution in [0.1, 0.15) is 27.7 Å². The van der Waals surface area contributed by atoms with Crippen molar-refractivity contribution in [1.82, 2.24) is 20.3 Å². The quantitative estimate of drug-likeness (QED) is 0.186. The monoisotopic (exact) mass is 590 g/mol. The Morgan fingerprint density at radius 1 is 1.10 bits per heavy atom. The smallest absolute Gasteiger partial charge is 0.223 e. The molecule has 1 saturated heterocycles. The number of anilines is 2. The van der Waals surface area contributed by atoms with Crippen molar-refractivity contribution >= 4 is 45.9 Å². The summed E-state index contributed by atoms with van der Waals surface area (Å²) in [5, 5.41) is 21.3. The van der Waals surface area contributed by atoms with Crippen molar-refractivity contribution in [2.45, 2.75) is 52.0 Å². The summed E-state index contributed by atoms with van der Waals surface area (Å²) >= 11 is 13.5. The average molecular weight is 592 g/mol. The molecule has 1 unspecified atom stereocenters. The molecule has 10 nitrogen and oxygen atoms in total. The summed E-state index contributed by atoms with van der Waals surface area (Å²) in [6.07, 6.45) is 2.30. The Kier molecular flexibility index (Phi) is 9.26. The van der Waals surface area contributed by atoms with Crippen LogP contribution in [0.4, 0.5) is 11.8 Å². The van der Waals surface area contributed by atoms with E-state index in [4.69, 9.17) is 47.4 Å². The first-order chi connectivity index (χ1) is 19.0. The van der Waals surface area contributed by atoms with E-state index in [0.717, 1.165) is 5.39 Å². The number of hydrogen-bond acceptors (Lipinski definition) is 10. The molecule has 1 aliphatic heterocycles. The first kappa shape index (κ1) is 30.1. The molecule has 1 aliphatic rings. The maximum atomic E-state index is 9.96. The minimum atomic E-state index is -0.847. The third kappa shape index (κ3) is 6.37. The van der Waals surface area contributed by atoms with Crippen molar-refractivity contribution in [2.75, 3.05) is 38.1 Å². The average Bonchev–Trinajstić information content (AvgIpc) is 3.34. The van der Waals surface area contributed by atoms with Gasteiger partial charge in [0.2, 0.25) is 5.95 Å². The molecule has 0 saturated carbocycles. The van der Waals surface area contributed by atoms with E-state index in [9.17, 15) is 5.11 Å². The van der Waals surface area contributed by atoms with Crippen LogP contribution in [0, 0.1) is 5.41 Å². The number of pyridine rings is 1. The molecular formula is C28H36Cl2N6O4. The molecule has 0 bridgehead atoms. The molecule has 2 aromatic heterocycles. The molecule has 4 atom stereocenters. The van der Waals surface area contributed by atoms with Gasteiger partial charge in [-0.25, -0.2) is 15.0 Å². The predicted octanol–water partition coefficient (Wildman–Crippen LogP) is 5.14. The highest BCUT2D eigenvalue weighted by molar-refractivity contribution is 6.41. The van der Waals surface area contributed by atoms with E-state index in [1.54, 1.807) is 12.3 Å².